The van der Waals surface area contributed by atoms with E-state index in [2.05, 4.69) is 35.8 Å². The number of thiazole rings is 1. The van der Waals surface area contributed by atoms with Gasteiger partial charge in [-0.25, -0.2) is 13.4 Å². The first-order valence-electron chi connectivity index (χ1n) is 6.42. The van der Waals surface area contributed by atoms with Crippen molar-refractivity contribution in [3.63, 3.8) is 0 Å². The lowest BCUT2D eigenvalue weighted by atomic mass is 9.93. The summed E-state index contributed by atoms with van der Waals surface area (Å²) in [5.41, 5.74) is 0.836. The van der Waals surface area contributed by atoms with E-state index < -0.39 is 10.0 Å². The zero-order chi connectivity index (χ0) is 14.5. The van der Waals surface area contributed by atoms with E-state index in [-0.39, 0.29) is 11.2 Å². The van der Waals surface area contributed by atoms with Crippen molar-refractivity contribution >= 4 is 26.5 Å². The van der Waals surface area contributed by atoms with Gasteiger partial charge in [-0.05, 0) is 13.0 Å². The first kappa shape index (κ1) is 16.4. The predicted octanol–water partition coefficient (Wildman–Crippen LogP) is 2.18. The molecule has 1 heterocycles. The number of hydrogen-bond acceptors (Lipinski definition) is 5. The summed E-state index contributed by atoms with van der Waals surface area (Å²) in [7, 11) is -3.31. The van der Waals surface area contributed by atoms with Gasteiger partial charge in [-0.2, -0.15) is 0 Å². The van der Waals surface area contributed by atoms with Crippen LogP contribution >= 0.6 is 11.3 Å². The van der Waals surface area contributed by atoms with Crippen molar-refractivity contribution in [3.05, 3.63) is 11.1 Å². The Morgan fingerprint density at radius 2 is 2.00 bits per heavy atom. The van der Waals surface area contributed by atoms with Gasteiger partial charge in [-0.1, -0.05) is 27.7 Å². The molecule has 2 N–H and O–H groups in total. The van der Waals surface area contributed by atoms with Crippen LogP contribution < -0.4 is 10.0 Å². The van der Waals surface area contributed by atoms with Crippen LogP contribution in [0, 0.1) is 0 Å². The van der Waals surface area contributed by atoms with E-state index in [1.54, 1.807) is 0 Å². The van der Waals surface area contributed by atoms with Crippen molar-refractivity contribution in [2.45, 2.75) is 39.5 Å². The zero-order valence-electron chi connectivity index (χ0n) is 12.0. The summed E-state index contributed by atoms with van der Waals surface area (Å²) in [4.78, 5) is 4.32. The standard InChI is InChI=1S/C12H23N3O2S2/c1-5-6-13-7-8-19(16,17)15-11-14-10(9-18-11)12(2,3)4/h9,13H,5-8H2,1-4H3,(H,14,15). The highest BCUT2D eigenvalue weighted by Gasteiger charge is 2.19. The lowest BCUT2D eigenvalue weighted by Gasteiger charge is -2.14. The molecule has 110 valence electrons. The maximum atomic E-state index is 11.8. The Labute approximate surface area is 119 Å². The van der Waals surface area contributed by atoms with Crippen LogP contribution in [0.1, 0.15) is 39.8 Å². The summed E-state index contributed by atoms with van der Waals surface area (Å²) in [6.45, 7) is 9.49. The van der Waals surface area contributed by atoms with Crippen molar-refractivity contribution in [3.8, 4) is 0 Å². The lowest BCUT2D eigenvalue weighted by molar-refractivity contribution is 0.573. The first-order valence-corrected chi connectivity index (χ1v) is 8.95. The number of rotatable bonds is 7. The van der Waals surface area contributed by atoms with E-state index in [9.17, 15) is 8.42 Å². The van der Waals surface area contributed by atoms with E-state index in [1.165, 1.54) is 11.3 Å². The van der Waals surface area contributed by atoms with Crippen molar-refractivity contribution in [1.82, 2.24) is 10.3 Å². The number of sulfonamides is 1. The van der Waals surface area contributed by atoms with Crippen molar-refractivity contribution < 1.29 is 8.42 Å². The average Bonchev–Trinajstić information content (AvgIpc) is 2.72. The SMILES string of the molecule is CCCNCCS(=O)(=O)Nc1nc(C(C)(C)C)cs1. The van der Waals surface area contributed by atoms with Gasteiger partial charge < -0.3 is 5.32 Å². The molecule has 0 aliphatic heterocycles. The van der Waals surface area contributed by atoms with Crippen LogP contribution in [0.15, 0.2) is 5.38 Å². The summed E-state index contributed by atoms with van der Waals surface area (Å²) in [5, 5.41) is 5.41. The van der Waals surface area contributed by atoms with E-state index in [0.717, 1.165) is 18.7 Å². The van der Waals surface area contributed by atoms with Gasteiger partial charge in [-0.15, -0.1) is 11.3 Å². The molecule has 0 radical (unpaired) electrons. The molecule has 1 aromatic heterocycles. The van der Waals surface area contributed by atoms with Gasteiger partial charge in [0.05, 0.1) is 11.4 Å². The number of hydrogen-bond donors (Lipinski definition) is 2. The minimum atomic E-state index is -3.31. The molecular weight excluding hydrogens is 282 g/mol. The van der Waals surface area contributed by atoms with E-state index in [0.29, 0.717) is 11.7 Å². The van der Waals surface area contributed by atoms with Gasteiger partial charge in [-0.3, -0.25) is 4.72 Å². The van der Waals surface area contributed by atoms with Crippen LogP contribution in [0.3, 0.4) is 0 Å². The molecule has 0 bridgehead atoms. The van der Waals surface area contributed by atoms with Gasteiger partial charge in [0.15, 0.2) is 5.13 Å². The highest BCUT2D eigenvalue weighted by atomic mass is 32.2. The number of nitrogens with zero attached hydrogens (tertiary/aromatic N) is 1. The molecule has 7 heteroatoms. The van der Waals surface area contributed by atoms with Gasteiger partial charge in [0.1, 0.15) is 0 Å². The third-order valence-corrected chi connectivity index (χ3v) is 4.62. The van der Waals surface area contributed by atoms with Crippen molar-refractivity contribution in [1.29, 1.82) is 0 Å². The predicted molar refractivity (Wildman–Crippen MR) is 81.4 cm³/mol. The van der Waals surface area contributed by atoms with Gasteiger partial charge in [0.2, 0.25) is 10.0 Å². The maximum Gasteiger partial charge on any atom is 0.235 e. The molecule has 0 unspecified atom stereocenters. The second-order valence-corrected chi connectivity index (χ2v) is 8.16. The Morgan fingerprint density at radius 3 is 2.53 bits per heavy atom. The summed E-state index contributed by atoms with van der Waals surface area (Å²) < 4.78 is 26.2. The third kappa shape index (κ3) is 5.88. The van der Waals surface area contributed by atoms with Crippen LogP contribution in [-0.4, -0.2) is 32.2 Å². The lowest BCUT2D eigenvalue weighted by Crippen LogP contribution is -2.27. The van der Waals surface area contributed by atoms with Crippen LogP contribution in [0.2, 0.25) is 0 Å². The molecule has 0 fully saturated rings. The highest BCUT2D eigenvalue weighted by Crippen LogP contribution is 2.26. The largest absolute Gasteiger partial charge is 0.316 e. The van der Waals surface area contributed by atoms with Gasteiger partial charge in [0, 0.05) is 17.3 Å². The fraction of sp³-hybridized carbons (Fsp3) is 0.750. The average molecular weight is 305 g/mol. The van der Waals surface area contributed by atoms with Crippen LogP contribution in [0.4, 0.5) is 5.13 Å². The summed E-state index contributed by atoms with van der Waals surface area (Å²) in [5.74, 6) is 0.0669. The molecule has 0 saturated carbocycles. The molecule has 0 atom stereocenters. The quantitative estimate of drug-likeness (QED) is 0.758. The molecular formula is C12H23N3O2S2. The molecule has 0 aliphatic carbocycles. The van der Waals surface area contributed by atoms with Crippen LogP contribution in [-0.2, 0) is 15.4 Å². The fourth-order valence-electron chi connectivity index (χ4n) is 1.36. The van der Waals surface area contributed by atoms with Crippen LogP contribution in [0.5, 0.6) is 0 Å². The monoisotopic (exact) mass is 305 g/mol. The van der Waals surface area contributed by atoms with E-state index in [4.69, 9.17) is 0 Å². The van der Waals surface area contributed by atoms with Gasteiger partial charge >= 0.3 is 0 Å². The summed E-state index contributed by atoms with van der Waals surface area (Å²) in [6, 6.07) is 0. The topological polar surface area (TPSA) is 71.1 Å². The molecule has 0 aromatic carbocycles. The maximum absolute atomic E-state index is 11.8. The Morgan fingerprint density at radius 1 is 1.32 bits per heavy atom. The molecule has 1 aromatic rings. The Hall–Kier alpha value is -0.660. The molecule has 0 aliphatic rings. The first-order chi connectivity index (χ1) is 8.74. The molecule has 0 spiro atoms. The Balaban J connectivity index is 2.56. The smallest absolute Gasteiger partial charge is 0.235 e. The molecule has 0 amide bonds. The minimum absolute atomic E-state index is 0.0666. The third-order valence-electron chi connectivity index (χ3n) is 2.49. The number of anilines is 1. The summed E-state index contributed by atoms with van der Waals surface area (Å²) in [6.07, 6.45) is 0.995. The normalized spacial score (nSPS) is 12.6. The molecule has 0 saturated heterocycles. The fourth-order valence-corrected chi connectivity index (χ4v) is 3.54. The highest BCUT2D eigenvalue weighted by molar-refractivity contribution is 7.92. The van der Waals surface area contributed by atoms with Crippen LogP contribution in [0.25, 0.3) is 0 Å². The zero-order valence-corrected chi connectivity index (χ0v) is 13.6. The van der Waals surface area contributed by atoms with E-state index >= 15 is 0 Å². The van der Waals surface area contributed by atoms with E-state index in [1.807, 2.05) is 12.3 Å². The number of aromatic nitrogens is 1. The minimum Gasteiger partial charge on any atom is -0.316 e. The Bertz CT molecular complexity index is 489. The molecule has 19 heavy (non-hydrogen) atoms. The van der Waals surface area contributed by atoms with Crippen molar-refractivity contribution in [2.75, 3.05) is 23.6 Å². The second kappa shape index (κ2) is 6.67. The second-order valence-electron chi connectivity index (χ2n) is 5.46. The Kier molecular flexibility index (Phi) is 5.76. The molecule has 1 rings (SSSR count). The van der Waals surface area contributed by atoms with Gasteiger partial charge in [0.25, 0.3) is 0 Å². The molecule has 5 nitrogen and oxygen atoms in total. The van der Waals surface area contributed by atoms with Crippen molar-refractivity contribution in [2.24, 2.45) is 0 Å². The summed E-state index contributed by atoms with van der Waals surface area (Å²) >= 11 is 1.33. The number of nitrogens with one attached hydrogen (secondary N) is 2.